The molecule has 0 heterocycles. The van der Waals surface area contributed by atoms with E-state index in [4.69, 9.17) is 15.3 Å². The third-order valence-corrected chi connectivity index (χ3v) is 5.46. The molecular weight excluding hydrogens is 464 g/mol. The van der Waals surface area contributed by atoms with Crippen molar-refractivity contribution in [1.29, 1.82) is 0 Å². The van der Waals surface area contributed by atoms with Crippen molar-refractivity contribution in [3.05, 3.63) is 35.4 Å². The molecule has 0 bridgehead atoms. The molecule has 0 amide bonds. The molecule has 0 saturated carbocycles. The Hall–Kier alpha value is -1.15. The van der Waals surface area contributed by atoms with Crippen molar-refractivity contribution in [2.24, 2.45) is 0 Å². The van der Waals surface area contributed by atoms with Gasteiger partial charge in [-0.3, -0.25) is 4.79 Å². The van der Waals surface area contributed by atoms with Crippen LogP contribution in [0.4, 0.5) is 0 Å². The van der Waals surface area contributed by atoms with Gasteiger partial charge in [0.1, 0.15) is 0 Å². The first-order chi connectivity index (χ1) is 15.8. The predicted octanol–water partition coefficient (Wildman–Crippen LogP) is 5.47. The van der Waals surface area contributed by atoms with E-state index in [1.807, 2.05) is 0 Å². The van der Waals surface area contributed by atoms with E-state index in [0.29, 0.717) is 6.42 Å². The SMILES string of the molecule is CCCCCCC(O)CCCCCCCCCCC(=O)O.O=C(O)c1ccccc1C(=O)O.[CaH2]. The van der Waals surface area contributed by atoms with Gasteiger partial charge in [-0.25, -0.2) is 9.59 Å². The fourth-order valence-electron chi connectivity index (χ4n) is 3.52. The van der Waals surface area contributed by atoms with E-state index in [2.05, 4.69) is 6.92 Å². The first kappa shape index (κ1) is 35.0. The summed E-state index contributed by atoms with van der Waals surface area (Å²) in [5.41, 5.74) is -0.380. The monoisotopic (exact) mass is 508 g/mol. The van der Waals surface area contributed by atoms with Gasteiger partial charge in [0.15, 0.2) is 0 Å². The standard InChI is InChI=1S/C18H36O3.C8H6O4.Ca.2H/c1-2-3-4-11-14-17(19)15-12-9-7-5-6-8-10-13-16-18(20)21;9-7(10)5-3-1-2-4-6(5)8(11)12;;;/h17,19H,2-16H2,1H3,(H,20,21);1-4H,(H,9,10)(H,11,12);;;. The van der Waals surface area contributed by atoms with Gasteiger partial charge in [0.05, 0.1) is 17.2 Å². The van der Waals surface area contributed by atoms with Gasteiger partial charge in [0.2, 0.25) is 0 Å². The molecule has 1 atom stereocenters. The van der Waals surface area contributed by atoms with Gasteiger partial charge in [0, 0.05) is 6.42 Å². The van der Waals surface area contributed by atoms with Gasteiger partial charge >= 0.3 is 55.6 Å². The Bertz CT molecular complexity index is 646. The molecule has 0 aliphatic heterocycles. The predicted molar refractivity (Wildman–Crippen MR) is 137 cm³/mol. The molecule has 0 saturated heterocycles. The van der Waals surface area contributed by atoms with E-state index in [-0.39, 0.29) is 55.0 Å². The number of unbranched alkanes of at least 4 members (excludes halogenated alkanes) is 10. The zero-order valence-corrected chi connectivity index (χ0v) is 20.0. The van der Waals surface area contributed by atoms with Crippen LogP contribution < -0.4 is 0 Å². The summed E-state index contributed by atoms with van der Waals surface area (Å²) in [7, 11) is 0. The van der Waals surface area contributed by atoms with Crippen LogP contribution in [0, 0.1) is 0 Å². The van der Waals surface area contributed by atoms with E-state index in [0.717, 1.165) is 38.5 Å². The summed E-state index contributed by atoms with van der Waals surface area (Å²) in [5.74, 6) is -3.13. The van der Waals surface area contributed by atoms with Crippen LogP contribution >= 0.6 is 0 Å². The second-order valence-corrected chi connectivity index (χ2v) is 8.42. The van der Waals surface area contributed by atoms with Crippen molar-refractivity contribution in [3.63, 3.8) is 0 Å². The average molecular weight is 509 g/mol. The molecular formula is C26H44CaO7. The average Bonchev–Trinajstić information content (AvgIpc) is 2.78. The molecule has 1 aromatic carbocycles. The van der Waals surface area contributed by atoms with Gasteiger partial charge in [-0.05, 0) is 31.4 Å². The van der Waals surface area contributed by atoms with Gasteiger partial charge in [-0.2, -0.15) is 0 Å². The summed E-state index contributed by atoms with van der Waals surface area (Å²) in [5, 5.41) is 35.5. The Balaban J connectivity index is 0. The fraction of sp³-hybridized carbons (Fsp3) is 0.654. The summed E-state index contributed by atoms with van der Waals surface area (Å²) in [6.45, 7) is 2.21. The third kappa shape index (κ3) is 20.2. The molecule has 1 aromatic rings. The molecule has 0 radical (unpaired) electrons. The Morgan fingerprint density at radius 1 is 0.676 bits per heavy atom. The zero-order valence-electron chi connectivity index (χ0n) is 20.0. The van der Waals surface area contributed by atoms with Crippen LogP contribution in [0.15, 0.2) is 24.3 Å². The summed E-state index contributed by atoms with van der Waals surface area (Å²) in [6, 6.07) is 5.48. The molecule has 0 spiro atoms. The molecule has 0 aromatic heterocycles. The summed E-state index contributed by atoms with van der Waals surface area (Å²) < 4.78 is 0. The molecule has 34 heavy (non-hydrogen) atoms. The van der Waals surface area contributed by atoms with E-state index in [9.17, 15) is 19.5 Å². The molecule has 7 nitrogen and oxygen atoms in total. The number of carboxylic acid groups (broad SMARTS) is 3. The van der Waals surface area contributed by atoms with Crippen LogP contribution in [0.5, 0.6) is 0 Å². The van der Waals surface area contributed by atoms with Gasteiger partial charge < -0.3 is 20.4 Å². The number of hydrogen-bond acceptors (Lipinski definition) is 4. The van der Waals surface area contributed by atoms with E-state index >= 15 is 0 Å². The van der Waals surface area contributed by atoms with E-state index in [1.165, 1.54) is 75.6 Å². The number of hydrogen-bond donors (Lipinski definition) is 4. The quantitative estimate of drug-likeness (QED) is 0.153. The number of aliphatic hydroxyl groups excluding tert-OH is 1. The molecule has 0 aliphatic rings. The van der Waals surface area contributed by atoms with Gasteiger partial charge in [-0.15, -0.1) is 0 Å². The number of aliphatic carboxylic acids is 1. The number of carboxylic acids is 3. The van der Waals surface area contributed by atoms with Crippen molar-refractivity contribution in [1.82, 2.24) is 0 Å². The summed E-state index contributed by atoms with van der Waals surface area (Å²) >= 11 is 0. The number of aromatic carboxylic acids is 2. The van der Waals surface area contributed by atoms with Crippen LogP contribution in [0.25, 0.3) is 0 Å². The molecule has 0 fully saturated rings. The van der Waals surface area contributed by atoms with Crippen LogP contribution in [0.3, 0.4) is 0 Å². The van der Waals surface area contributed by atoms with Crippen LogP contribution in [0.2, 0.25) is 0 Å². The van der Waals surface area contributed by atoms with Crippen molar-refractivity contribution in [2.75, 3.05) is 0 Å². The number of carbonyl (C=O) groups is 3. The molecule has 1 rings (SSSR count). The molecule has 0 aliphatic carbocycles. The van der Waals surface area contributed by atoms with E-state index < -0.39 is 17.9 Å². The zero-order chi connectivity index (χ0) is 24.9. The minimum absolute atomic E-state index is 0. The van der Waals surface area contributed by atoms with Crippen LogP contribution in [-0.4, -0.2) is 82.2 Å². The first-order valence-corrected chi connectivity index (χ1v) is 12.2. The van der Waals surface area contributed by atoms with Crippen molar-refractivity contribution in [2.45, 2.75) is 109 Å². The second-order valence-electron chi connectivity index (χ2n) is 8.42. The Kier molecular flexibility index (Phi) is 24.3. The molecule has 192 valence electrons. The number of benzene rings is 1. The minimum atomic E-state index is -1.23. The fourth-order valence-corrected chi connectivity index (χ4v) is 3.52. The molecule has 8 heteroatoms. The van der Waals surface area contributed by atoms with Gasteiger partial charge in [-0.1, -0.05) is 89.7 Å². The Labute approximate surface area is 234 Å². The number of aliphatic hydroxyl groups is 1. The van der Waals surface area contributed by atoms with E-state index in [1.54, 1.807) is 0 Å². The topological polar surface area (TPSA) is 132 Å². The normalized spacial score (nSPS) is 11.0. The van der Waals surface area contributed by atoms with Gasteiger partial charge in [0.25, 0.3) is 0 Å². The second kappa shape index (κ2) is 23.6. The first-order valence-electron chi connectivity index (χ1n) is 12.2. The summed E-state index contributed by atoms with van der Waals surface area (Å²) in [6.07, 6.45) is 16.3. The Morgan fingerprint density at radius 2 is 1.06 bits per heavy atom. The maximum absolute atomic E-state index is 10.5. The van der Waals surface area contributed by atoms with Crippen LogP contribution in [-0.2, 0) is 4.79 Å². The Morgan fingerprint density at radius 3 is 1.44 bits per heavy atom. The third-order valence-electron chi connectivity index (χ3n) is 5.46. The van der Waals surface area contributed by atoms with Crippen molar-refractivity contribution in [3.8, 4) is 0 Å². The number of rotatable bonds is 18. The van der Waals surface area contributed by atoms with Crippen molar-refractivity contribution >= 4 is 55.6 Å². The maximum atomic E-state index is 10.5. The summed E-state index contributed by atoms with van der Waals surface area (Å²) in [4.78, 5) is 31.3. The van der Waals surface area contributed by atoms with Crippen LogP contribution in [0.1, 0.15) is 124 Å². The molecule has 1 unspecified atom stereocenters. The van der Waals surface area contributed by atoms with Crippen molar-refractivity contribution < 1.29 is 34.8 Å². The molecule has 4 N–H and O–H groups in total.